The first-order valence-electron chi connectivity index (χ1n) is 11.9. The van der Waals surface area contributed by atoms with Crippen LogP contribution in [-0.4, -0.2) is 15.8 Å². The third kappa shape index (κ3) is 5.25. The van der Waals surface area contributed by atoms with Gasteiger partial charge in [-0.1, -0.05) is 48.0 Å². The fraction of sp³-hybridized carbons (Fsp3) is 0.241. The maximum atomic E-state index is 12.7. The maximum Gasteiger partial charge on any atom is 0.163 e. The summed E-state index contributed by atoms with van der Waals surface area (Å²) in [5.74, 6) is 2.34. The number of Topliss-reactive ketones (excluding diaryl/α,β-unsaturated/α-hetero) is 1. The Labute approximate surface area is 210 Å². The maximum absolute atomic E-state index is 12.7. The van der Waals surface area contributed by atoms with Crippen molar-refractivity contribution in [1.82, 2.24) is 9.97 Å². The number of hydrogen-bond acceptors (Lipinski definition) is 4. The van der Waals surface area contributed by atoms with Crippen LogP contribution in [0.3, 0.4) is 0 Å². The average Bonchev–Trinajstić information content (AvgIpc) is 3.39. The summed E-state index contributed by atoms with van der Waals surface area (Å²) >= 11 is 6.39. The van der Waals surface area contributed by atoms with Gasteiger partial charge in [0, 0.05) is 36.4 Å². The monoisotopic (exact) mass is 486 g/mol. The van der Waals surface area contributed by atoms with Gasteiger partial charge in [-0.2, -0.15) is 0 Å². The summed E-state index contributed by atoms with van der Waals surface area (Å²) in [6.45, 7) is 2.26. The molecular formula is C29H27ClN2O3. The molecule has 1 aliphatic carbocycles. The van der Waals surface area contributed by atoms with Crippen molar-refractivity contribution < 1.29 is 14.3 Å². The Morgan fingerprint density at radius 3 is 2.71 bits per heavy atom. The second-order valence-electron chi connectivity index (χ2n) is 8.82. The van der Waals surface area contributed by atoms with Crippen LogP contribution in [0, 0.1) is 6.92 Å². The number of fused-ring (bicyclic) bond motifs is 1. The van der Waals surface area contributed by atoms with Crippen molar-refractivity contribution in [2.24, 2.45) is 0 Å². The lowest BCUT2D eigenvalue weighted by atomic mass is 9.87. The van der Waals surface area contributed by atoms with Crippen LogP contribution >= 0.6 is 11.6 Å². The van der Waals surface area contributed by atoms with Crippen molar-refractivity contribution in [3.8, 4) is 11.5 Å². The summed E-state index contributed by atoms with van der Waals surface area (Å²) in [6, 6.07) is 19.6. The summed E-state index contributed by atoms with van der Waals surface area (Å²) < 4.78 is 12.9. The van der Waals surface area contributed by atoms with E-state index in [0.29, 0.717) is 29.4 Å². The van der Waals surface area contributed by atoms with E-state index in [4.69, 9.17) is 21.1 Å². The van der Waals surface area contributed by atoms with E-state index in [1.54, 1.807) is 6.20 Å². The molecule has 6 heteroatoms. The molecule has 1 aromatic heterocycles. The molecular weight excluding hydrogens is 460 g/mol. The lowest BCUT2D eigenvalue weighted by molar-refractivity contribution is 0.0971. The van der Waals surface area contributed by atoms with Crippen molar-refractivity contribution in [3.05, 3.63) is 112 Å². The van der Waals surface area contributed by atoms with Crippen molar-refractivity contribution in [2.75, 3.05) is 0 Å². The number of aromatic nitrogens is 2. The molecule has 35 heavy (non-hydrogen) atoms. The Balaban J connectivity index is 1.51. The molecule has 0 bridgehead atoms. The van der Waals surface area contributed by atoms with Crippen LogP contribution in [-0.2, 0) is 19.4 Å². The van der Waals surface area contributed by atoms with Gasteiger partial charge in [-0.15, -0.1) is 0 Å². The minimum atomic E-state index is -0.263. The van der Waals surface area contributed by atoms with Crippen molar-refractivity contribution in [2.45, 2.75) is 45.3 Å². The van der Waals surface area contributed by atoms with Gasteiger partial charge >= 0.3 is 0 Å². The number of aryl methyl sites for hydroxylation is 1. The summed E-state index contributed by atoms with van der Waals surface area (Å²) in [5, 5.41) is 0.555. The zero-order valence-electron chi connectivity index (χ0n) is 19.6. The van der Waals surface area contributed by atoms with E-state index in [0.717, 1.165) is 46.5 Å². The first-order valence-corrected chi connectivity index (χ1v) is 12.2. The molecule has 0 aliphatic heterocycles. The van der Waals surface area contributed by atoms with Gasteiger partial charge in [0.1, 0.15) is 30.0 Å². The van der Waals surface area contributed by atoms with Crippen LogP contribution < -0.4 is 9.47 Å². The Morgan fingerprint density at radius 2 is 1.91 bits per heavy atom. The summed E-state index contributed by atoms with van der Waals surface area (Å²) in [4.78, 5) is 20.2. The fourth-order valence-electron chi connectivity index (χ4n) is 4.55. The molecule has 0 unspecified atom stereocenters. The number of imidazole rings is 1. The molecule has 0 spiro atoms. The minimum Gasteiger partial charge on any atom is -0.487 e. The second kappa shape index (κ2) is 10.4. The number of benzene rings is 3. The largest absolute Gasteiger partial charge is 0.487 e. The van der Waals surface area contributed by atoms with Gasteiger partial charge in [0.25, 0.3) is 0 Å². The van der Waals surface area contributed by atoms with E-state index in [9.17, 15) is 4.79 Å². The number of halogens is 1. The standard InChI is InChI=1S/C29H27ClN2O3/c1-19-10-12-24(30)28(16-19)34-18-23-21-8-5-9-25(33)22(21)11-13-26(23)35-27(17-29-31-14-15-32-29)20-6-3-2-4-7-20/h2-4,6-7,10-16,27H,5,8-9,17-18H2,1H3,(H,31,32)/t27-/m0/s1. The molecule has 0 amide bonds. The van der Waals surface area contributed by atoms with Crippen molar-refractivity contribution in [1.29, 1.82) is 0 Å². The third-order valence-electron chi connectivity index (χ3n) is 6.35. The molecule has 4 aromatic rings. The molecule has 1 aliphatic rings. The molecule has 1 heterocycles. The van der Waals surface area contributed by atoms with Crippen LogP contribution in [0.1, 0.15) is 57.4 Å². The quantitative estimate of drug-likeness (QED) is 0.296. The third-order valence-corrected chi connectivity index (χ3v) is 6.66. The molecule has 3 aromatic carbocycles. The average molecular weight is 487 g/mol. The summed E-state index contributed by atoms with van der Waals surface area (Å²) in [5.41, 5.74) is 4.78. The van der Waals surface area contributed by atoms with Crippen LogP contribution in [0.5, 0.6) is 11.5 Å². The van der Waals surface area contributed by atoms with Gasteiger partial charge < -0.3 is 14.5 Å². The number of aromatic amines is 1. The molecule has 0 radical (unpaired) electrons. The molecule has 178 valence electrons. The SMILES string of the molecule is Cc1ccc(Cl)c(OCc2c(O[C@@H](Cc3ncc[nH]3)c3ccccc3)ccc3c2CCCC3=O)c1. The Morgan fingerprint density at radius 1 is 1.06 bits per heavy atom. The highest BCUT2D eigenvalue weighted by Gasteiger charge is 2.25. The molecule has 0 fully saturated rings. The molecule has 0 saturated heterocycles. The number of ketones is 1. The Bertz CT molecular complexity index is 1320. The minimum absolute atomic E-state index is 0.169. The smallest absolute Gasteiger partial charge is 0.163 e. The van der Waals surface area contributed by atoms with E-state index in [1.807, 2.05) is 61.7 Å². The highest BCUT2D eigenvalue weighted by molar-refractivity contribution is 6.32. The number of carbonyl (C=O) groups is 1. The van der Waals surface area contributed by atoms with Crippen LogP contribution in [0.15, 0.2) is 73.1 Å². The first kappa shape index (κ1) is 23.2. The number of ether oxygens (including phenoxy) is 2. The highest BCUT2D eigenvalue weighted by atomic mass is 35.5. The first-order chi connectivity index (χ1) is 17.1. The van der Waals surface area contributed by atoms with E-state index in [1.165, 1.54) is 0 Å². The molecule has 1 N–H and O–H groups in total. The van der Waals surface area contributed by atoms with Gasteiger partial charge in [-0.3, -0.25) is 4.79 Å². The zero-order valence-corrected chi connectivity index (χ0v) is 20.3. The lowest BCUT2D eigenvalue weighted by Crippen LogP contribution is -2.18. The van der Waals surface area contributed by atoms with Crippen LogP contribution in [0.2, 0.25) is 5.02 Å². The Kier molecular flexibility index (Phi) is 6.87. The number of H-pyrrole nitrogens is 1. The van der Waals surface area contributed by atoms with Gasteiger partial charge in [-0.25, -0.2) is 4.98 Å². The van der Waals surface area contributed by atoms with Crippen LogP contribution in [0.25, 0.3) is 0 Å². The van der Waals surface area contributed by atoms with Crippen LogP contribution in [0.4, 0.5) is 0 Å². The number of nitrogens with one attached hydrogen (secondary N) is 1. The Hall–Kier alpha value is -3.57. The predicted octanol–water partition coefficient (Wildman–Crippen LogP) is 6.83. The second-order valence-corrected chi connectivity index (χ2v) is 9.23. The van der Waals surface area contributed by atoms with Gasteiger partial charge in [0.2, 0.25) is 0 Å². The van der Waals surface area contributed by atoms with Gasteiger partial charge in [0.05, 0.1) is 5.02 Å². The number of rotatable bonds is 8. The van der Waals surface area contributed by atoms with Crippen molar-refractivity contribution in [3.63, 3.8) is 0 Å². The zero-order chi connectivity index (χ0) is 24.2. The van der Waals surface area contributed by atoms with Gasteiger partial charge in [-0.05, 0) is 60.7 Å². The molecule has 5 rings (SSSR count). The molecule has 0 saturated carbocycles. The molecule has 5 nitrogen and oxygen atoms in total. The highest BCUT2D eigenvalue weighted by Crippen LogP contribution is 2.36. The van der Waals surface area contributed by atoms with E-state index < -0.39 is 0 Å². The normalized spacial score (nSPS) is 13.8. The molecule has 1 atom stereocenters. The summed E-state index contributed by atoms with van der Waals surface area (Å²) in [7, 11) is 0. The summed E-state index contributed by atoms with van der Waals surface area (Å²) in [6.07, 6.45) is 6.08. The van der Waals surface area contributed by atoms with E-state index in [-0.39, 0.29) is 18.5 Å². The lowest BCUT2D eigenvalue weighted by Gasteiger charge is -2.25. The number of carbonyl (C=O) groups excluding carboxylic acids is 1. The fourth-order valence-corrected chi connectivity index (χ4v) is 4.72. The predicted molar refractivity (Wildman–Crippen MR) is 136 cm³/mol. The number of hydrogen-bond donors (Lipinski definition) is 1. The topological polar surface area (TPSA) is 64.2 Å². The van der Waals surface area contributed by atoms with E-state index >= 15 is 0 Å². The van der Waals surface area contributed by atoms with Crippen molar-refractivity contribution >= 4 is 17.4 Å². The van der Waals surface area contributed by atoms with Gasteiger partial charge in [0.15, 0.2) is 5.78 Å². The number of nitrogens with zero attached hydrogens (tertiary/aromatic N) is 1. The van der Waals surface area contributed by atoms with E-state index in [2.05, 4.69) is 22.1 Å².